The average Bonchev–Trinajstić information content (AvgIpc) is 2.74. The molecule has 0 saturated carbocycles. The summed E-state index contributed by atoms with van der Waals surface area (Å²) in [6, 6.07) is 3.19. The van der Waals surface area contributed by atoms with E-state index in [2.05, 4.69) is 37.0 Å². The number of furan rings is 1. The fraction of sp³-hybridized carbons (Fsp3) is 0.692. The molecule has 0 bridgehead atoms. The van der Waals surface area contributed by atoms with Gasteiger partial charge in [-0.3, -0.25) is 0 Å². The lowest BCUT2D eigenvalue weighted by Crippen LogP contribution is -2.35. The van der Waals surface area contributed by atoms with Crippen molar-refractivity contribution in [2.75, 3.05) is 5.75 Å². The molecule has 90 valence electrons. The van der Waals surface area contributed by atoms with Gasteiger partial charge < -0.3 is 9.73 Å². The molecule has 3 heteroatoms. The molecule has 2 rings (SSSR count). The van der Waals surface area contributed by atoms with Crippen molar-refractivity contribution in [2.45, 2.75) is 51.4 Å². The minimum atomic E-state index is 0.392. The molecule has 2 heterocycles. The molecule has 3 unspecified atom stereocenters. The van der Waals surface area contributed by atoms with E-state index >= 15 is 0 Å². The van der Waals surface area contributed by atoms with Gasteiger partial charge in [-0.2, -0.15) is 11.8 Å². The van der Waals surface area contributed by atoms with Gasteiger partial charge in [0.2, 0.25) is 0 Å². The van der Waals surface area contributed by atoms with Crippen molar-refractivity contribution in [1.82, 2.24) is 5.32 Å². The number of rotatable bonds is 3. The van der Waals surface area contributed by atoms with Crippen molar-refractivity contribution in [3.63, 3.8) is 0 Å². The molecular weight excluding hydrogens is 218 g/mol. The first-order valence-electron chi connectivity index (χ1n) is 6.02. The average molecular weight is 239 g/mol. The molecule has 16 heavy (non-hydrogen) atoms. The van der Waals surface area contributed by atoms with E-state index in [0.717, 1.165) is 16.8 Å². The van der Waals surface area contributed by atoms with Crippen molar-refractivity contribution in [3.8, 4) is 0 Å². The predicted molar refractivity (Wildman–Crippen MR) is 70.1 cm³/mol. The highest BCUT2D eigenvalue weighted by atomic mass is 32.2. The van der Waals surface area contributed by atoms with Crippen LogP contribution < -0.4 is 5.32 Å². The smallest absolute Gasteiger partial charge is 0.105 e. The first kappa shape index (κ1) is 12.1. The van der Waals surface area contributed by atoms with Crippen LogP contribution in [0, 0.1) is 13.8 Å². The van der Waals surface area contributed by atoms with Crippen molar-refractivity contribution in [3.05, 3.63) is 23.2 Å². The Hall–Kier alpha value is -0.410. The largest absolute Gasteiger partial charge is 0.466 e. The second kappa shape index (κ2) is 4.84. The first-order chi connectivity index (χ1) is 7.58. The highest BCUT2D eigenvalue weighted by Gasteiger charge is 2.26. The Labute approximate surface area is 102 Å². The summed E-state index contributed by atoms with van der Waals surface area (Å²) in [5.41, 5.74) is 1.31. The molecule has 0 amide bonds. The van der Waals surface area contributed by atoms with Gasteiger partial charge in [0.1, 0.15) is 11.5 Å². The Balaban J connectivity index is 2.02. The third kappa shape index (κ3) is 2.46. The van der Waals surface area contributed by atoms with Crippen LogP contribution in [-0.2, 0) is 0 Å². The summed E-state index contributed by atoms with van der Waals surface area (Å²) in [7, 11) is 0. The fourth-order valence-corrected chi connectivity index (χ4v) is 3.65. The molecule has 3 atom stereocenters. The minimum Gasteiger partial charge on any atom is -0.466 e. The van der Waals surface area contributed by atoms with Gasteiger partial charge in [0, 0.05) is 22.9 Å². The molecule has 0 aliphatic carbocycles. The molecule has 0 spiro atoms. The minimum absolute atomic E-state index is 0.392. The van der Waals surface area contributed by atoms with Crippen molar-refractivity contribution in [1.29, 1.82) is 0 Å². The van der Waals surface area contributed by atoms with Crippen LogP contribution >= 0.6 is 11.8 Å². The fourth-order valence-electron chi connectivity index (χ4n) is 2.44. The Bertz CT molecular complexity index is 361. The number of hydrogen-bond donors (Lipinski definition) is 1. The maximum absolute atomic E-state index is 5.58. The van der Waals surface area contributed by atoms with E-state index in [-0.39, 0.29) is 0 Å². The second-order valence-corrected chi connectivity index (χ2v) is 6.21. The van der Waals surface area contributed by atoms with Gasteiger partial charge >= 0.3 is 0 Å². The summed E-state index contributed by atoms with van der Waals surface area (Å²) in [4.78, 5) is 0. The third-order valence-electron chi connectivity index (χ3n) is 3.39. The van der Waals surface area contributed by atoms with E-state index in [0.29, 0.717) is 12.1 Å². The molecular formula is C13H21NOS. The van der Waals surface area contributed by atoms with Crippen molar-refractivity contribution in [2.24, 2.45) is 0 Å². The topological polar surface area (TPSA) is 25.2 Å². The number of aryl methyl sites for hydroxylation is 2. The molecule has 1 aliphatic rings. The molecule has 2 nitrogen and oxygen atoms in total. The van der Waals surface area contributed by atoms with Gasteiger partial charge in [0.15, 0.2) is 0 Å². The van der Waals surface area contributed by atoms with Crippen LogP contribution in [0.1, 0.15) is 43.4 Å². The van der Waals surface area contributed by atoms with Crippen LogP contribution in [0.25, 0.3) is 0 Å². The van der Waals surface area contributed by atoms with Crippen LogP contribution in [0.2, 0.25) is 0 Å². The highest BCUT2D eigenvalue weighted by molar-refractivity contribution is 8.00. The van der Waals surface area contributed by atoms with Crippen molar-refractivity contribution < 1.29 is 4.42 Å². The van der Waals surface area contributed by atoms with Crippen LogP contribution in [-0.4, -0.2) is 17.0 Å². The van der Waals surface area contributed by atoms with Crippen molar-refractivity contribution >= 4 is 11.8 Å². The summed E-state index contributed by atoms with van der Waals surface area (Å²) < 4.78 is 5.58. The lowest BCUT2D eigenvalue weighted by molar-refractivity contribution is 0.442. The quantitative estimate of drug-likeness (QED) is 0.874. The van der Waals surface area contributed by atoms with Gasteiger partial charge in [-0.15, -0.1) is 0 Å². The number of thioether (sulfide) groups is 1. The molecule has 1 saturated heterocycles. The molecule has 0 aromatic carbocycles. The highest BCUT2D eigenvalue weighted by Crippen LogP contribution is 2.29. The molecule has 0 radical (unpaired) electrons. The van der Waals surface area contributed by atoms with E-state index in [1.54, 1.807) is 0 Å². The summed E-state index contributed by atoms with van der Waals surface area (Å²) in [6.07, 6.45) is 1.28. The Kier molecular flexibility index (Phi) is 3.65. The first-order valence-corrected chi connectivity index (χ1v) is 7.07. The maximum atomic E-state index is 5.58. The van der Waals surface area contributed by atoms with E-state index in [1.807, 2.05) is 13.8 Å². The second-order valence-electron chi connectivity index (χ2n) is 4.73. The SMILES string of the molecule is Cc1cc(C(C)NC2CCSC2C)c(C)o1. The van der Waals surface area contributed by atoms with Crippen LogP contribution in [0.3, 0.4) is 0 Å². The lowest BCUT2D eigenvalue weighted by Gasteiger charge is -2.21. The Morgan fingerprint density at radius 1 is 1.50 bits per heavy atom. The van der Waals surface area contributed by atoms with Crippen LogP contribution in [0.15, 0.2) is 10.5 Å². The zero-order valence-electron chi connectivity index (χ0n) is 10.5. The van der Waals surface area contributed by atoms with Crippen LogP contribution in [0.5, 0.6) is 0 Å². The van der Waals surface area contributed by atoms with Gasteiger partial charge in [0.05, 0.1) is 0 Å². The monoisotopic (exact) mass is 239 g/mol. The maximum Gasteiger partial charge on any atom is 0.105 e. The summed E-state index contributed by atoms with van der Waals surface area (Å²) in [5, 5.41) is 4.45. The summed E-state index contributed by atoms with van der Waals surface area (Å²) in [5.74, 6) is 3.35. The summed E-state index contributed by atoms with van der Waals surface area (Å²) in [6.45, 7) is 8.60. The lowest BCUT2D eigenvalue weighted by atomic mass is 10.1. The third-order valence-corrected chi connectivity index (χ3v) is 4.71. The van der Waals surface area contributed by atoms with Gasteiger partial charge in [-0.05, 0) is 39.0 Å². The van der Waals surface area contributed by atoms with E-state index in [4.69, 9.17) is 4.42 Å². The standard InChI is InChI=1S/C13H21NOS/c1-8-7-12(10(3)15-8)9(2)14-13-5-6-16-11(13)4/h7,9,11,13-14H,5-6H2,1-4H3. The number of nitrogens with one attached hydrogen (secondary N) is 1. The molecule has 1 aromatic heterocycles. The van der Waals surface area contributed by atoms with E-state index < -0.39 is 0 Å². The van der Waals surface area contributed by atoms with Gasteiger partial charge in [-0.1, -0.05) is 6.92 Å². The zero-order chi connectivity index (χ0) is 11.7. The van der Waals surface area contributed by atoms with Gasteiger partial charge in [-0.25, -0.2) is 0 Å². The predicted octanol–water partition coefficient (Wildman–Crippen LogP) is 3.44. The molecule has 1 aliphatic heterocycles. The zero-order valence-corrected chi connectivity index (χ0v) is 11.4. The molecule has 1 fully saturated rings. The molecule has 1 N–H and O–H groups in total. The Morgan fingerprint density at radius 3 is 2.75 bits per heavy atom. The van der Waals surface area contributed by atoms with Gasteiger partial charge in [0.25, 0.3) is 0 Å². The molecule has 1 aromatic rings. The normalized spacial score (nSPS) is 27.2. The van der Waals surface area contributed by atoms with Crippen LogP contribution in [0.4, 0.5) is 0 Å². The van der Waals surface area contributed by atoms with E-state index in [1.165, 1.54) is 17.7 Å². The summed E-state index contributed by atoms with van der Waals surface area (Å²) >= 11 is 2.07. The number of hydrogen-bond acceptors (Lipinski definition) is 3. The Morgan fingerprint density at radius 2 is 2.25 bits per heavy atom. The van der Waals surface area contributed by atoms with E-state index in [9.17, 15) is 0 Å².